The van der Waals surface area contributed by atoms with E-state index in [1.165, 1.54) is 11.3 Å². The lowest BCUT2D eigenvalue weighted by Crippen LogP contribution is -2.36. The van der Waals surface area contributed by atoms with Gasteiger partial charge < -0.3 is 14.4 Å². The second kappa shape index (κ2) is 7.29. The Morgan fingerprint density at radius 1 is 1.39 bits per heavy atom. The van der Waals surface area contributed by atoms with Gasteiger partial charge in [0.15, 0.2) is 10.9 Å². The summed E-state index contributed by atoms with van der Waals surface area (Å²) in [4.78, 5) is 23.1. The van der Waals surface area contributed by atoms with Crippen LogP contribution in [0.5, 0.6) is 0 Å². The van der Waals surface area contributed by atoms with Gasteiger partial charge in [0, 0.05) is 18.5 Å². The van der Waals surface area contributed by atoms with Gasteiger partial charge in [-0.25, -0.2) is 14.8 Å². The molecule has 2 aromatic rings. The molecular formula is C13H14Br2N4O3S. The number of hydrogen-bond acceptors (Lipinski definition) is 7. The van der Waals surface area contributed by atoms with Crippen LogP contribution in [0.3, 0.4) is 0 Å². The number of halogens is 2. The van der Waals surface area contributed by atoms with Crippen molar-refractivity contribution in [2.24, 2.45) is 0 Å². The molecule has 0 radical (unpaired) electrons. The summed E-state index contributed by atoms with van der Waals surface area (Å²) in [7, 11) is 0. The van der Waals surface area contributed by atoms with Gasteiger partial charge in [0.1, 0.15) is 9.21 Å². The van der Waals surface area contributed by atoms with Crippen LogP contribution in [0, 0.1) is 0 Å². The lowest BCUT2D eigenvalue weighted by atomic mass is 10.5. The first-order valence-electron chi connectivity index (χ1n) is 7.01. The molecule has 0 spiro atoms. The van der Waals surface area contributed by atoms with Gasteiger partial charge in [-0.2, -0.15) is 0 Å². The number of morpholine rings is 1. The lowest BCUT2D eigenvalue weighted by Gasteiger charge is -2.25. The molecule has 0 atom stereocenters. The van der Waals surface area contributed by atoms with E-state index in [0.717, 1.165) is 18.2 Å². The Morgan fingerprint density at radius 2 is 2.13 bits per heavy atom. The van der Waals surface area contributed by atoms with Crippen molar-refractivity contribution in [3.63, 3.8) is 0 Å². The normalized spacial score (nSPS) is 15.0. The molecule has 23 heavy (non-hydrogen) atoms. The highest BCUT2D eigenvalue weighted by molar-refractivity contribution is 9.13. The molecular weight excluding hydrogens is 452 g/mol. The molecule has 1 aliphatic rings. The number of aromatic nitrogens is 3. The van der Waals surface area contributed by atoms with Crippen molar-refractivity contribution in [3.05, 3.63) is 20.4 Å². The zero-order chi connectivity index (χ0) is 16.4. The Hall–Kier alpha value is -0.970. The lowest BCUT2D eigenvalue weighted by molar-refractivity contribution is 0.0509. The van der Waals surface area contributed by atoms with Gasteiger partial charge in [0.25, 0.3) is 0 Å². The third-order valence-corrected chi connectivity index (χ3v) is 5.94. The van der Waals surface area contributed by atoms with E-state index in [1.807, 2.05) is 5.38 Å². The molecule has 124 valence electrons. The first kappa shape index (κ1) is 16.9. The van der Waals surface area contributed by atoms with Gasteiger partial charge >= 0.3 is 5.97 Å². The number of nitrogens with zero attached hydrogens (tertiary/aromatic N) is 4. The zero-order valence-electron chi connectivity index (χ0n) is 12.3. The van der Waals surface area contributed by atoms with Crippen molar-refractivity contribution in [3.8, 4) is 5.82 Å². The number of carbonyl (C=O) groups excluding carboxylic acids is 1. The maximum Gasteiger partial charge on any atom is 0.375 e. The number of ether oxygens (including phenoxy) is 2. The summed E-state index contributed by atoms with van der Waals surface area (Å²) in [5.41, 5.74) is 0. The summed E-state index contributed by atoms with van der Waals surface area (Å²) < 4.78 is 13.2. The second-order valence-corrected chi connectivity index (χ2v) is 7.00. The van der Waals surface area contributed by atoms with Crippen LogP contribution in [-0.2, 0) is 9.47 Å². The summed E-state index contributed by atoms with van der Waals surface area (Å²) in [5, 5.41) is 2.79. The minimum atomic E-state index is -0.486. The van der Waals surface area contributed by atoms with Crippen molar-refractivity contribution in [2.45, 2.75) is 6.92 Å². The molecule has 1 aliphatic heterocycles. The number of hydrogen-bond donors (Lipinski definition) is 0. The van der Waals surface area contributed by atoms with E-state index in [9.17, 15) is 4.79 Å². The standard InChI is InChI=1S/C13H14Br2N4O3S/c1-2-22-12(20)11-17-9(14)10(15)19(11)8-7-23-13(16-8)18-3-5-21-6-4-18/h7H,2-6H2,1H3. The van der Waals surface area contributed by atoms with E-state index in [0.29, 0.717) is 28.2 Å². The van der Waals surface area contributed by atoms with Crippen molar-refractivity contribution < 1.29 is 14.3 Å². The van der Waals surface area contributed by atoms with Crippen molar-refractivity contribution in [1.29, 1.82) is 0 Å². The molecule has 7 nitrogen and oxygen atoms in total. The maximum absolute atomic E-state index is 12.1. The van der Waals surface area contributed by atoms with Gasteiger partial charge in [0.05, 0.1) is 19.8 Å². The Bertz CT molecular complexity index is 712. The topological polar surface area (TPSA) is 69.5 Å². The average Bonchev–Trinajstić information content (AvgIpc) is 3.14. The SMILES string of the molecule is CCOC(=O)c1nc(Br)c(Br)n1-c1csc(N2CCOCC2)n1. The molecule has 0 aromatic carbocycles. The van der Waals surface area contributed by atoms with E-state index in [2.05, 4.69) is 46.7 Å². The van der Waals surface area contributed by atoms with E-state index >= 15 is 0 Å². The number of imidazole rings is 1. The largest absolute Gasteiger partial charge is 0.460 e. The third kappa shape index (κ3) is 3.44. The minimum Gasteiger partial charge on any atom is -0.460 e. The Labute approximate surface area is 153 Å². The molecule has 2 aromatic heterocycles. The molecule has 3 rings (SSSR count). The third-order valence-electron chi connectivity index (χ3n) is 3.23. The van der Waals surface area contributed by atoms with Crippen molar-refractivity contribution in [2.75, 3.05) is 37.8 Å². The van der Waals surface area contributed by atoms with Gasteiger partial charge in [-0.05, 0) is 38.8 Å². The monoisotopic (exact) mass is 464 g/mol. The highest BCUT2D eigenvalue weighted by atomic mass is 79.9. The number of esters is 1. The summed E-state index contributed by atoms with van der Waals surface area (Å²) in [6, 6.07) is 0. The second-order valence-electron chi connectivity index (χ2n) is 4.66. The minimum absolute atomic E-state index is 0.185. The molecule has 0 saturated carbocycles. The Kier molecular flexibility index (Phi) is 5.34. The summed E-state index contributed by atoms with van der Waals surface area (Å²) in [6.07, 6.45) is 0. The van der Waals surface area contributed by atoms with E-state index in [1.54, 1.807) is 11.5 Å². The van der Waals surface area contributed by atoms with Gasteiger partial charge in [0.2, 0.25) is 5.82 Å². The van der Waals surface area contributed by atoms with Crippen LogP contribution in [0.25, 0.3) is 5.82 Å². The first-order chi connectivity index (χ1) is 11.1. The fourth-order valence-corrected chi connectivity index (χ4v) is 3.81. The van der Waals surface area contributed by atoms with Crippen molar-refractivity contribution in [1.82, 2.24) is 14.5 Å². The van der Waals surface area contributed by atoms with Crippen LogP contribution < -0.4 is 4.90 Å². The predicted octanol–water partition coefficient (Wildman–Crippen LogP) is 2.87. The Balaban J connectivity index is 1.95. The van der Waals surface area contributed by atoms with E-state index in [-0.39, 0.29) is 12.4 Å². The quantitative estimate of drug-likeness (QED) is 0.646. The summed E-state index contributed by atoms with van der Waals surface area (Å²) in [5.74, 6) is 0.328. The van der Waals surface area contributed by atoms with Gasteiger partial charge in [-0.1, -0.05) is 0 Å². The maximum atomic E-state index is 12.1. The molecule has 0 amide bonds. The van der Waals surface area contributed by atoms with E-state index < -0.39 is 5.97 Å². The molecule has 1 saturated heterocycles. The number of rotatable bonds is 4. The van der Waals surface area contributed by atoms with Crippen LogP contribution in [0.1, 0.15) is 17.5 Å². The Morgan fingerprint density at radius 3 is 2.83 bits per heavy atom. The fraction of sp³-hybridized carbons (Fsp3) is 0.462. The molecule has 0 aliphatic carbocycles. The molecule has 10 heteroatoms. The molecule has 0 N–H and O–H groups in total. The molecule has 0 bridgehead atoms. The van der Waals surface area contributed by atoms with Crippen LogP contribution in [-0.4, -0.2) is 53.4 Å². The highest BCUT2D eigenvalue weighted by Crippen LogP contribution is 2.31. The summed E-state index contributed by atoms with van der Waals surface area (Å²) >= 11 is 8.29. The van der Waals surface area contributed by atoms with E-state index in [4.69, 9.17) is 9.47 Å². The average molecular weight is 466 g/mol. The molecule has 1 fully saturated rings. The van der Waals surface area contributed by atoms with Gasteiger partial charge in [-0.3, -0.25) is 4.57 Å². The van der Waals surface area contributed by atoms with Crippen LogP contribution in [0.2, 0.25) is 0 Å². The van der Waals surface area contributed by atoms with Gasteiger partial charge in [-0.15, -0.1) is 11.3 Å². The number of anilines is 1. The zero-order valence-corrected chi connectivity index (χ0v) is 16.3. The van der Waals surface area contributed by atoms with Crippen LogP contribution in [0.15, 0.2) is 14.6 Å². The van der Waals surface area contributed by atoms with Crippen LogP contribution >= 0.6 is 43.2 Å². The fourth-order valence-electron chi connectivity index (χ4n) is 2.17. The summed E-state index contributed by atoms with van der Waals surface area (Å²) in [6.45, 7) is 5.07. The van der Waals surface area contributed by atoms with Crippen LogP contribution in [0.4, 0.5) is 5.13 Å². The van der Waals surface area contributed by atoms with Crippen molar-refractivity contribution >= 4 is 54.3 Å². The smallest absolute Gasteiger partial charge is 0.375 e. The molecule has 0 unspecified atom stereocenters. The molecule has 3 heterocycles. The predicted molar refractivity (Wildman–Crippen MR) is 93.6 cm³/mol. The highest BCUT2D eigenvalue weighted by Gasteiger charge is 2.24. The number of thiazole rings is 1. The first-order valence-corrected chi connectivity index (χ1v) is 9.47. The number of carbonyl (C=O) groups is 1.